The van der Waals surface area contributed by atoms with Gasteiger partial charge < -0.3 is 4.90 Å². The highest BCUT2D eigenvalue weighted by Crippen LogP contribution is 2.37. The average molecular weight is 231 g/mol. The highest BCUT2D eigenvalue weighted by Gasteiger charge is 2.21. The third-order valence-electron chi connectivity index (χ3n) is 4.01. The van der Waals surface area contributed by atoms with E-state index in [4.69, 9.17) is 0 Å². The first kappa shape index (κ1) is 12.5. The number of anilines is 1. The maximum atomic E-state index is 2.40. The zero-order valence-electron chi connectivity index (χ0n) is 11.3. The summed E-state index contributed by atoms with van der Waals surface area (Å²) < 4.78 is 0. The Hall–Kier alpha value is -0.980. The van der Waals surface area contributed by atoms with E-state index in [2.05, 4.69) is 43.1 Å². The molecule has 0 aliphatic carbocycles. The maximum absolute atomic E-state index is 2.40. The lowest BCUT2D eigenvalue weighted by molar-refractivity contribution is 0.512. The Morgan fingerprint density at radius 1 is 1.18 bits per heavy atom. The van der Waals surface area contributed by atoms with Gasteiger partial charge in [-0.15, -0.1) is 0 Å². The van der Waals surface area contributed by atoms with Crippen molar-refractivity contribution in [2.75, 3.05) is 18.5 Å². The van der Waals surface area contributed by atoms with Gasteiger partial charge in [-0.05, 0) is 30.4 Å². The van der Waals surface area contributed by atoms with Gasteiger partial charge in [0.05, 0.1) is 0 Å². The maximum Gasteiger partial charge on any atom is 0.0399 e. The van der Waals surface area contributed by atoms with E-state index in [0.29, 0.717) is 0 Å². The van der Waals surface area contributed by atoms with Gasteiger partial charge in [-0.2, -0.15) is 0 Å². The van der Waals surface area contributed by atoms with Crippen LogP contribution in [-0.4, -0.2) is 13.6 Å². The molecule has 2 rings (SSSR count). The summed E-state index contributed by atoms with van der Waals surface area (Å²) in [7, 11) is 2.21. The molecule has 1 aromatic rings. The van der Waals surface area contributed by atoms with Gasteiger partial charge in [0.1, 0.15) is 0 Å². The molecule has 1 atom stereocenters. The standard InChI is InChI=1S/C16H25N/c1-3-4-5-6-9-14-12-13-17(2)16-11-8-7-10-15(14)16/h7-8,10-11,14H,3-6,9,12-13H2,1-2H3. The van der Waals surface area contributed by atoms with E-state index in [0.717, 1.165) is 5.92 Å². The fourth-order valence-electron chi connectivity index (χ4n) is 2.92. The molecule has 17 heavy (non-hydrogen) atoms. The molecule has 1 aromatic carbocycles. The third-order valence-corrected chi connectivity index (χ3v) is 4.01. The zero-order chi connectivity index (χ0) is 12.1. The minimum absolute atomic E-state index is 0.805. The van der Waals surface area contributed by atoms with Crippen molar-refractivity contribution >= 4 is 5.69 Å². The molecule has 0 amide bonds. The van der Waals surface area contributed by atoms with Gasteiger partial charge in [-0.25, -0.2) is 0 Å². The summed E-state index contributed by atoms with van der Waals surface area (Å²) in [5.74, 6) is 0.805. The molecule has 1 aliphatic heterocycles. The van der Waals surface area contributed by atoms with Crippen molar-refractivity contribution in [3.05, 3.63) is 29.8 Å². The fraction of sp³-hybridized carbons (Fsp3) is 0.625. The van der Waals surface area contributed by atoms with Crippen LogP contribution in [0.15, 0.2) is 24.3 Å². The highest BCUT2D eigenvalue weighted by molar-refractivity contribution is 5.56. The van der Waals surface area contributed by atoms with Crippen LogP contribution >= 0.6 is 0 Å². The summed E-state index contributed by atoms with van der Waals surface area (Å²) in [4.78, 5) is 2.40. The molecule has 0 saturated heterocycles. The van der Waals surface area contributed by atoms with Gasteiger partial charge in [0.15, 0.2) is 0 Å². The largest absolute Gasteiger partial charge is 0.374 e. The van der Waals surface area contributed by atoms with Crippen molar-refractivity contribution in [3.63, 3.8) is 0 Å². The lowest BCUT2D eigenvalue weighted by atomic mass is 9.86. The van der Waals surface area contributed by atoms with Crippen LogP contribution in [-0.2, 0) is 0 Å². The summed E-state index contributed by atoms with van der Waals surface area (Å²) in [6.07, 6.45) is 8.25. The summed E-state index contributed by atoms with van der Waals surface area (Å²) in [6, 6.07) is 8.95. The second kappa shape index (κ2) is 6.09. The van der Waals surface area contributed by atoms with Crippen LogP contribution in [0.1, 0.15) is 56.9 Å². The van der Waals surface area contributed by atoms with Crippen LogP contribution in [0.4, 0.5) is 5.69 Å². The van der Waals surface area contributed by atoms with E-state index in [-0.39, 0.29) is 0 Å². The van der Waals surface area contributed by atoms with E-state index >= 15 is 0 Å². The normalized spacial score (nSPS) is 19.2. The minimum Gasteiger partial charge on any atom is -0.374 e. The lowest BCUT2D eigenvalue weighted by Gasteiger charge is -2.33. The molecule has 0 bridgehead atoms. The molecule has 0 fully saturated rings. The van der Waals surface area contributed by atoms with Gasteiger partial charge in [-0.3, -0.25) is 0 Å². The number of hydrogen-bond donors (Lipinski definition) is 0. The monoisotopic (exact) mass is 231 g/mol. The average Bonchev–Trinajstić information content (AvgIpc) is 2.37. The van der Waals surface area contributed by atoms with E-state index in [9.17, 15) is 0 Å². The summed E-state index contributed by atoms with van der Waals surface area (Å²) in [5.41, 5.74) is 3.04. The number of hydrogen-bond acceptors (Lipinski definition) is 1. The number of benzene rings is 1. The van der Waals surface area contributed by atoms with Crippen LogP contribution in [0.25, 0.3) is 0 Å². The molecule has 1 aliphatic rings. The summed E-state index contributed by atoms with van der Waals surface area (Å²) >= 11 is 0. The molecule has 1 heteroatoms. The molecule has 1 nitrogen and oxygen atoms in total. The Labute approximate surface area is 106 Å². The molecular formula is C16H25N. The Bertz CT molecular complexity index is 345. The second-order valence-electron chi connectivity index (χ2n) is 5.32. The predicted molar refractivity (Wildman–Crippen MR) is 75.8 cm³/mol. The topological polar surface area (TPSA) is 3.24 Å². The molecule has 0 spiro atoms. The Kier molecular flexibility index (Phi) is 4.47. The molecular weight excluding hydrogens is 206 g/mol. The van der Waals surface area contributed by atoms with E-state index in [1.807, 2.05) is 0 Å². The molecule has 1 heterocycles. The number of unbranched alkanes of at least 4 members (excludes halogenated alkanes) is 3. The van der Waals surface area contributed by atoms with Crippen LogP contribution in [0.5, 0.6) is 0 Å². The Balaban J connectivity index is 1.98. The van der Waals surface area contributed by atoms with Crippen molar-refractivity contribution < 1.29 is 0 Å². The van der Waals surface area contributed by atoms with Crippen LogP contribution < -0.4 is 4.90 Å². The van der Waals surface area contributed by atoms with Crippen LogP contribution in [0.3, 0.4) is 0 Å². The molecule has 0 saturated carbocycles. The lowest BCUT2D eigenvalue weighted by Crippen LogP contribution is -2.27. The first-order valence-electron chi connectivity index (χ1n) is 7.13. The number of para-hydroxylation sites is 1. The number of rotatable bonds is 5. The third kappa shape index (κ3) is 3.02. The quantitative estimate of drug-likeness (QED) is 0.670. The summed E-state index contributed by atoms with van der Waals surface area (Å²) in [6.45, 7) is 3.50. The minimum atomic E-state index is 0.805. The SMILES string of the molecule is CCCCCCC1CCN(C)c2ccccc21. The smallest absolute Gasteiger partial charge is 0.0399 e. The Morgan fingerprint density at radius 2 is 2.00 bits per heavy atom. The van der Waals surface area contributed by atoms with E-state index in [1.165, 1.54) is 50.8 Å². The van der Waals surface area contributed by atoms with E-state index < -0.39 is 0 Å². The number of nitrogens with zero attached hydrogens (tertiary/aromatic N) is 1. The molecule has 0 aromatic heterocycles. The molecule has 94 valence electrons. The highest BCUT2D eigenvalue weighted by atomic mass is 15.1. The van der Waals surface area contributed by atoms with Gasteiger partial charge in [0.2, 0.25) is 0 Å². The zero-order valence-corrected chi connectivity index (χ0v) is 11.3. The molecule has 0 N–H and O–H groups in total. The van der Waals surface area contributed by atoms with Gasteiger partial charge >= 0.3 is 0 Å². The first-order chi connectivity index (χ1) is 8.33. The first-order valence-corrected chi connectivity index (χ1v) is 7.13. The predicted octanol–water partition coefficient (Wildman–Crippen LogP) is 4.58. The van der Waals surface area contributed by atoms with Gasteiger partial charge in [-0.1, -0.05) is 50.8 Å². The van der Waals surface area contributed by atoms with Gasteiger partial charge in [0.25, 0.3) is 0 Å². The van der Waals surface area contributed by atoms with Gasteiger partial charge in [0, 0.05) is 19.3 Å². The molecule has 0 radical (unpaired) electrons. The van der Waals surface area contributed by atoms with Crippen LogP contribution in [0, 0.1) is 0 Å². The fourth-order valence-corrected chi connectivity index (χ4v) is 2.92. The number of fused-ring (bicyclic) bond motifs is 1. The summed E-state index contributed by atoms with van der Waals surface area (Å²) in [5, 5.41) is 0. The Morgan fingerprint density at radius 3 is 2.82 bits per heavy atom. The van der Waals surface area contributed by atoms with Crippen molar-refractivity contribution in [2.24, 2.45) is 0 Å². The van der Waals surface area contributed by atoms with Crippen molar-refractivity contribution in [1.82, 2.24) is 0 Å². The van der Waals surface area contributed by atoms with Crippen molar-refractivity contribution in [3.8, 4) is 0 Å². The van der Waals surface area contributed by atoms with Crippen LogP contribution in [0.2, 0.25) is 0 Å². The second-order valence-corrected chi connectivity index (χ2v) is 5.32. The van der Waals surface area contributed by atoms with Crippen molar-refractivity contribution in [2.45, 2.75) is 51.4 Å². The van der Waals surface area contributed by atoms with Crippen molar-refractivity contribution in [1.29, 1.82) is 0 Å². The van der Waals surface area contributed by atoms with E-state index in [1.54, 1.807) is 5.56 Å². The molecule has 1 unspecified atom stereocenters.